The van der Waals surface area contributed by atoms with Gasteiger partial charge in [0.05, 0.1) is 0 Å². The summed E-state index contributed by atoms with van der Waals surface area (Å²) in [5, 5.41) is 0. The molecule has 9 nitrogen and oxygen atoms in total. The standard InChI is InChI=1S/C21H27N4O5P/c1-3-19(26)25-9-8-14(11-25)20-13(2)16(21(23)24-20)10-17(22)15-6-4-5-7-18(15)29-12-30-31(27)28/h3-7,10,14,24,27-28H,1,8-9,11-12,22-23H2,2H3/b17-10-. The van der Waals surface area contributed by atoms with E-state index in [1.54, 1.807) is 29.2 Å². The lowest BCUT2D eigenvalue weighted by molar-refractivity contribution is -0.125. The second-order valence-corrected chi connectivity index (χ2v) is 7.97. The third kappa shape index (κ3) is 5.26. The zero-order valence-electron chi connectivity index (χ0n) is 17.2. The number of likely N-dealkylation sites (tertiary alicyclic amines) is 1. The smallest absolute Gasteiger partial charge is 0.330 e. The van der Waals surface area contributed by atoms with Gasteiger partial charge in [-0.1, -0.05) is 18.7 Å². The Bertz CT molecular complexity index is 988. The molecule has 2 aromatic rings. The maximum absolute atomic E-state index is 11.9. The predicted molar refractivity (Wildman–Crippen MR) is 121 cm³/mol. The minimum Gasteiger partial charge on any atom is -0.466 e. The molecule has 1 unspecified atom stereocenters. The first-order chi connectivity index (χ1) is 14.8. The van der Waals surface area contributed by atoms with Gasteiger partial charge >= 0.3 is 8.60 Å². The van der Waals surface area contributed by atoms with Gasteiger partial charge in [-0.25, -0.2) is 0 Å². The van der Waals surface area contributed by atoms with E-state index in [1.807, 2.05) is 13.0 Å². The summed E-state index contributed by atoms with van der Waals surface area (Å²) in [7, 11) is -2.50. The van der Waals surface area contributed by atoms with Crippen LogP contribution < -0.4 is 16.2 Å². The Morgan fingerprint density at radius 3 is 2.87 bits per heavy atom. The maximum Gasteiger partial charge on any atom is 0.330 e. The molecule has 0 radical (unpaired) electrons. The molecule has 1 aromatic carbocycles. The number of para-hydroxylation sites is 1. The highest BCUT2D eigenvalue weighted by Crippen LogP contribution is 2.35. The number of ether oxygens (including phenoxy) is 1. The topological polar surface area (TPSA) is 147 Å². The number of nitrogens with zero attached hydrogens (tertiary/aromatic N) is 1. The van der Waals surface area contributed by atoms with Crippen LogP contribution in [-0.4, -0.2) is 45.5 Å². The number of nitrogen functional groups attached to an aromatic ring is 1. The molecule has 1 fully saturated rings. The van der Waals surface area contributed by atoms with Crippen LogP contribution in [0.1, 0.15) is 34.7 Å². The molecular weight excluding hydrogens is 419 g/mol. The van der Waals surface area contributed by atoms with E-state index in [2.05, 4.69) is 16.1 Å². The van der Waals surface area contributed by atoms with Crippen LogP contribution in [0.15, 0.2) is 36.9 Å². The summed E-state index contributed by atoms with van der Waals surface area (Å²) in [6.07, 6.45) is 3.95. The Morgan fingerprint density at radius 2 is 2.16 bits per heavy atom. The number of hydrogen-bond donors (Lipinski definition) is 5. The number of anilines is 1. The molecule has 0 spiro atoms. The Hall–Kier alpha value is -2.84. The van der Waals surface area contributed by atoms with Gasteiger partial charge in [0.2, 0.25) is 5.91 Å². The molecule has 31 heavy (non-hydrogen) atoms. The number of rotatable bonds is 8. The molecule has 1 saturated heterocycles. The van der Waals surface area contributed by atoms with Crippen molar-refractivity contribution in [3.05, 3.63) is 59.3 Å². The highest BCUT2D eigenvalue weighted by molar-refractivity contribution is 7.39. The molecule has 1 aromatic heterocycles. The van der Waals surface area contributed by atoms with Crippen LogP contribution in [0.2, 0.25) is 0 Å². The van der Waals surface area contributed by atoms with E-state index in [0.29, 0.717) is 35.9 Å². The second-order valence-electron chi connectivity index (χ2n) is 7.20. The third-order valence-electron chi connectivity index (χ3n) is 5.33. The van der Waals surface area contributed by atoms with E-state index in [-0.39, 0.29) is 18.6 Å². The Morgan fingerprint density at radius 1 is 1.42 bits per heavy atom. The number of aromatic nitrogens is 1. The number of carbonyl (C=O) groups is 1. The number of nitrogens with one attached hydrogen (secondary N) is 1. The fraction of sp³-hybridized carbons (Fsp3) is 0.286. The molecule has 1 amide bonds. The first-order valence-corrected chi connectivity index (χ1v) is 10.9. The minimum atomic E-state index is -2.50. The summed E-state index contributed by atoms with van der Waals surface area (Å²) in [5.74, 6) is 1.03. The molecule has 10 heteroatoms. The van der Waals surface area contributed by atoms with Crippen molar-refractivity contribution in [3.63, 3.8) is 0 Å². The summed E-state index contributed by atoms with van der Waals surface area (Å²) in [6.45, 7) is 6.49. The molecule has 7 N–H and O–H groups in total. The van der Waals surface area contributed by atoms with Crippen LogP contribution >= 0.6 is 8.60 Å². The van der Waals surface area contributed by atoms with E-state index in [0.717, 1.165) is 23.2 Å². The van der Waals surface area contributed by atoms with Crippen molar-refractivity contribution in [1.29, 1.82) is 0 Å². The van der Waals surface area contributed by atoms with Crippen LogP contribution in [0.3, 0.4) is 0 Å². The lowest BCUT2D eigenvalue weighted by Crippen LogP contribution is -2.26. The molecule has 166 valence electrons. The highest BCUT2D eigenvalue weighted by atomic mass is 31.2. The van der Waals surface area contributed by atoms with Crippen molar-refractivity contribution in [3.8, 4) is 5.75 Å². The Balaban J connectivity index is 1.83. The monoisotopic (exact) mass is 446 g/mol. The van der Waals surface area contributed by atoms with E-state index >= 15 is 0 Å². The summed E-state index contributed by atoms with van der Waals surface area (Å²) < 4.78 is 10.1. The number of nitrogens with two attached hydrogens (primary N) is 2. The molecule has 1 atom stereocenters. The van der Waals surface area contributed by atoms with Gasteiger partial charge in [0, 0.05) is 41.5 Å². The Kier molecular flexibility index (Phi) is 7.35. The van der Waals surface area contributed by atoms with Crippen LogP contribution in [0.5, 0.6) is 5.75 Å². The highest BCUT2D eigenvalue weighted by Gasteiger charge is 2.29. The molecule has 0 saturated carbocycles. The van der Waals surface area contributed by atoms with E-state index in [9.17, 15) is 4.79 Å². The molecule has 1 aliphatic rings. The number of aromatic amines is 1. The average Bonchev–Trinajstić information content (AvgIpc) is 3.34. The first-order valence-electron chi connectivity index (χ1n) is 9.71. The van der Waals surface area contributed by atoms with Crippen molar-refractivity contribution in [1.82, 2.24) is 9.88 Å². The van der Waals surface area contributed by atoms with Gasteiger partial charge in [-0.15, -0.1) is 0 Å². The second kappa shape index (κ2) is 9.98. The fourth-order valence-corrected chi connectivity index (χ4v) is 3.92. The van der Waals surface area contributed by atoms with Crippen LogP contribution in [0, 0.1) is 6.92 Å². The summed E-state index contributed by atoms with van der Waals surface area (Å²) in [6, 6.07) is 7.09. The van der Waals surface area contributed by atoms with Gasteiger partial charge < -0.3 is 35.9 Å². The normalized spacial score (nSPS) is 16.7. The predicted octanol–water partition coefficient (Wildman–Crippen LogP) is 2.43. The third-order valence-corrected chi connectivity index (χ3v) is 5.67. The van der Waals surface area contributed by atoms with Gasteiger partial charge in [-0.05, 0) is 43.2 Å². The van der Waals surface area contributed by atoms with Crippen molar-refractivity contribution < 1.29 is 23.8 Å². The molecule has 0 bridgehead atoms. The van der Waals surface area contributed by atoms with Gasteiger partial charge in [-0.2, -0.15) is 0 Å². The van der Waals surface area contributed by atoms with Gasteiger partial charge in [0.25, 0.3) is 0 Å². The number of benzene rings is 1. The average molecular weight is 446 g/mol. The van der Waals surface area contributed by atoms with E-state index in [4.69, 9.17) is 26.0 Å². The lowest BCUT2D eigenvalue weighted by Gasteiger charge is -2.14. The van der Waals surface area contributed by atoms with Crippen LogP contribution in [-0.2, 0) is 9.32 Å². The zero-order chi connectivity index (χ0) is 22.5. The summed E-state index contributed by atoms with van der Waals surface area (Å²) >= 11 is 0. The van der Waals surface area contributed by atoms with Crippen LogP contribution in [0.25, 0.3) is 11.8 Å². The zero-order valence-corrected chi connectivity index (χ0v) is 18.1. The molecule has 0 aliphatic carbocycles. The van der Waals surface area contributed by atoms with Gasteiger partial charge in [0.1, 0.15) is 11.6 Å². The van der Waals surface area contributed by atoms with Crippen LogP contribution in [0.4, 0.5) is 5.82 Å². The van der Waals surface area contributed by atoms with Gasteiger partial charge in [-0.3, -0.25) is 9.32 Å². The number of amides is 1. The van der Waals surface area contributed by atoms with E-state index in [1.165, 1.54) is 6.08 Å². The van der Waals surface area contributed by atoms with E-state index < -0.39 is 8.60 Å². The number of hydrogen-bond acceptors (Lipinski definition) is 7. The number of H-pyrrole nitrogens is 1. The first kappa shape index (κ1) is 22.8. The summed E-state index contributed by atoms with van der Waals surface area (Å²) in [4.78, 5) is 34.6. The molecule has 2 heterocycles. The van der Waals surface area contributed by atoms with Crippen molar-refractivity contribution in [2.45, 2.75) is 19.3 Å². The van der Waals surface area contributed by atoms with Gasteiger partial charge in [0.15, 0.2) is 6.79 Å². The molecule has 3 rings (SSSR count). The largest absolute Gasteiger partial charge is 0.466 e. The Labute approximate surface area is 182 Å². The molecule has 1 aliphatic heterocycles. The van der Waals surface area contributed by atoms with Crippen molar-refractivity contribution in [2.75, 3.05) is 25.6 Å². The lowest BCUT2D eigenvalue weighted by atomic mass is 9.99. The fourth-order valence-electron chi connectivity index (χ4n) is 3.77. The SMILES string of the molecule is C=CC(=O)N1CCC(c2[nH]c(N)c(/C=C(\N)c3ccccc3OCOP(O)O)c2C)C1. The van der Waals surface area contributed by atoms with Crippen molar-refractivity contribution in [2.24, 2.45) is 5.73 Å². The number of carbonyl (C=O) groups excluding carboxylic acids is 1. The summed E-state index contributed by atoms with van der Waals surface area (Å²) in [5.41, 5.74) is 16.4. The minimum absolute atomic E-state index is 0.0698. The molecular formula is C21H27N4O5P. The quantitative estimate of drug-likeness (QED) is 0.238. The maximum atomic E-state index is 11.9. The van der Waals surface area contributed by atoms with Crippen molar-refractivity contribution >= 4 is 32.1 Å².